The van der Waals surface area contributed by atoms with Crippen LogP contribution in [0.4, 0.5) is 10.5 Å². The number of amides is 2. The van der Waals surface area contributed by atoms with Crippen LogP contribution in [0.25, 0.3) is 0 Å². The lowest BCUT2D eigenvalue weighted by atomic mass is 10.1. The predicted octanol–water partition coefficient (Wildman–Crippen LogP) is 4.27. The van der Waals surface area contributed by atoms with Gasteiger partial charge < -0.3 is 15.4 Å². The van der Waals surface area contributed by atoms with Gasteiger partial charge in [0.1, 0.15) is 12.4 Å². The first-order valence-corrected chi connectivity index (χ1v) is 7.84. The molecule has 2 aromatic carbocycles. The molecule has 0 aliphatic rings. The van der Waals surface area contributed by atoms with Gasteiger partial charge in [-0.25, -0.2) is 4.79 Å². The number of anilines is 1. The summed E-state index contributed by atoms with van der Waals surface area (Å²) in [4.78, 5) is 11.7. The summed E-state index contributed by atoms with van der Waals surface area (Å²) >= 11 is 3.35. The molecule has 2 N–H and O–H groups in total. The Hall–Kier alpha value is -2.01. The first-order chi connectivity index (χ1) is 10.5. The molecule has 0 unspecified atom stereocenters. The molecular formula is C17H19BrN2O2. The summed E-state index contributed by atoms with van der Waals surface area (Å²) in [5.41, 5.74) is 3.05. The second-order valence-corrected chi connectivity index (χ2v) is 5.92. The molecule has 0 spiro atoms. The highest BCUT2D eigenvalue weighted by Gasteiger charge is 2.02. The lowest BCUT2D eigenvalue weighted by Crippen LogP contribution is -2.32. The molecule has 0 bridgehead atoms. The first-order valence-electron chi connectivity index (χ1n) is 7.05. The van der Waals surface area contributed by atoms with Crippen LogP contribution in [0.5, 0.6) is 5.75 Å². The minimum atomic E-state index is -0.244. The van der Waals surface area contributed by atoms with Gasteiger partial charge in [-0.15, -0.1) is 0 Å². The first kappa shape index (κ1) is 16.4. The van der Waals surface area contributed by atoms with Crippen molar-refractivity contribution in [2.75, 3.05) is 18.5 Å². The smallest absolute Gasteiger partial charge is 0.319 e. The SMILES string of the molecule is Cc1ccc(OCCNC(=O)Nc2ccc(Br)cc2)c(C)c1. The van der Waals surface area contributed by atoms with Gasteiger partial charge in [0.05, 0.1) is 6.54 Å². The topological polar surface area (TPSA) is 50.4 Å². The van der Waals surface area contributed by atoms with E-state index in [2.05, 4.69) is 32.6 Å². The Morgan fingerprint density at radius 3 is 2.55 bits per heavy atom. The summed E-state index contributed by atoms with van der Waals surface area (Å²) in [7, 11) is 0. The molecule has 0 aliphatic heterocycles. The molecule has 0 aliphatic carbocycles. The van der Waals surface area contributed by atoms with Crippen molar-refractivity contribution in [3.8, 4) is 5.75 Å². The molecule has 116 valence electrons. The zero-order chi connectivity index (χ0) is 15.9. The number of urea groups is 1. The van der Waals surface area contributed by atoms with E-state index in [-0.39, 0.29) is 6.03 Å². The van der Waals surface area contributed by atoms with Crippen LogP contribution in [0.3, 0.4) is 0 Å². The molecule has 2 rings (SSSR count). The van der Waals surface area contributed by atoms with E-state index < -0.39 is 0 Å². The molecule has 0 aromatic heterocycles. The molecule has 5 heteroatoms. The minimum Gasteiger partial charge on any atom is -0.491 e. The summed E-state index contributed by atoms with van der Waals surface area (Å²) < 4.78 is 6.63. The molecule has 2 aromatic rings. The second kappa shape index (κ2) is 7.84. The van der Waals surface area contributed by atoms with E-state index in [4.69, 9.17) is 4.74 Å². The van der Waals surface area contributed by atoms with Gasteiger partial charge in [-0.05, 0) is 49.7 Å². The largest absolute Gasteiger partial charge is 0.491 e. The highest BCUT2D eigenvalue weighted by Crippen LogP contribution is 2.18. The fraction of sp³-hybridized carbons (Fsp3) is 0.235. The molecule has 0 radical (unpaired) electrons. The zero-order valence-electron chi connectivity index (χ0n) is 12.7. The van der Waals surface area contributed by atoms with E-state index in [1.54, 1.807) is 0 Å². The van der Waals surface area contributed by atoms with Crippen molar-refractivity contribution in [3.63, 3.8) is 0 Å². The van der Waals surface area contributed by atoms with Gasteiger partial charge in [-0.1, -0.05) is 33.6 Å². The van der Waals surface area contributed by atoms with E-state index in [1.807, 2.05) is 50.2 Å². The number of benzene rings is 2. The van der Waals surface area contributed by atoms with Crippen molar-refractivity contribution in [1.82, 2.24) is 5.32 Å². The van der Waals surface area contributed by atoms with Crippen LogP contribution >= 0.6 is 15.9 Å². The average molecular weight is 363 g/mol. The number of aryl methyl sites for hydroxylation is 2. The Kier molecular flexibility index (Phi) is 5.83. The van der Waals surface area contributed by atoms with Crippen LogP contribution in [-0.2, 0) is 0 Å². The molecule has 0 saturated heterocycles. The number of carbonyl (C=O) groups excluding carboxylic acids is 1. The third-order valence-corrected chi connectivity index (χ3v) is 3.61. The quantitative estimate of drug-likeness (QED) is 0.780. The van der Waals surface area contributed by atoms with Crippen molar-refractivity contribution in [2.45, 2.75) is 13.8 Å². The molecule has 0 saturated carbocycles. The molecule has 2 amide bonds. The number of carbonyl (C=O) groups is 1. The maximum absolute atomic E-state index is 11.7. The van der Waals surface area contributed by atoms with Crippen molar-refractivity contribution < 1.29 is 9.53 Å². The number of ether oxygens (including phenoxy) is 1. The van der Waals surface area contributed by atoms with E-state index in [1.165, 1.54) is 5.56 Å². The molecular weight excluding hydrogens is 344 g/mol. The van der Waals surface area contributed by atoms with Gasteiger partial charge in [-0.2, -0.15) is 0 Å². The lowest BCUT2D eigenvalue weighted by molar-refractivity contribution is 0.247. The van der Waals surface area contributed by atoms with Gasteiger partial charge in [0, 0.05) is 10.2 Å². The zero-order valence-corrected chi connectivity index (χ0v) is 14.2. The predicted molar refractivity (Wildman–Crippen MR) is 92.6 cm³/mol. The molecule has 0 atom stereocenters. The minimum absolute atomic E-state index is 0.244. The van der Waals surface area contributed by atoms with Gasteiger partial charge in [-0.3, -0.25) is 0 Å². The van der Waals surface area contributed by atoms with Crippen LogP contribution in [-0.4, -0.2) is 19.2 Å². The van der Waals surface area contributed by atoms with Crippen LogP contribution in [0.1, 0.15) is 11.1 Å². The fourth-order valence-corrected chi connectivity index (χ4v) is 2.26. The number of halogens is 1. The Morgan fingerprint density at radius 2 is 1.86 bits per heavy atom. The molecule has 0 heterocycles. The Morgan fingerprint density at radius 1 is 1.14 bits per heavy atom. The van der Waals surface area contributed by atoms with E-state index in [0.717, 1.165) is 21.5 Å². The second-order valence-electron chi connectivity index (χ2n) is 5.01. The highest BCUT2D eigenvalue weighted by molar-refractivity contribution is 9.10. The third-order valence-electron chi connectivity index (χ3n) is 3.08. The van der Waals surface area contributed by atoms with Crippen molar-refractivity contribution in [1.29, 1.82) is 0 Å². The van der Waals surface area contributed by atoms with Gasteiger partial charge >= 0.3 is 6.03 Å². The summed E-state index contributed by atoms with van der Waals surface area (Å²) in [6, 6.07) is 13.2. The maximum atomic E-state index is 11.7. The molecule has 4 nitrogen and oxygen atoms in total. The number of rotatable bonds is 5. The van der Waals surface area contributed by atoms with Crippen molar-refractivity contribution >= 4 is 27.6 Å². The van der Waals surface area contributed by atoms with Crippen molar-refractivity contribution in [2.24, 2.45) is 0 Å². The normalized spacial score (nSPS) is 10.1. The third kappa shape index (κ3) is 5.07. The van der Waals surface area contributed by atoms with E-state index in [0.29, 0.717) is 13.2 Å². The Labute approximate surface area is 139 Å². The Balaban J connectivity index is 1.72. The number of hydrogen-bond acceptors (Lipinski definition) is 2. The van der Waals surface area contributed by atoms with Gasteiger partial charge in [0.2, 0.25) is 0 Å². The maximum Gasteiger partial charge on any atom is 0.319 e. The summed E-state index contributed by atoms with van der Waals surface area (Å²) in [6.45, 7) is 4.92. The Bertz CT molecular complexity index is 642. The molecule has 0 fully saturated rings. The van der Waals surface area contributed by atoms with Crippen LogP contribution in [0.2, 0.25) is 0 Å². The summed E-state index contributed by atoms with van der Waals surface area (Å²) in [5.74, 6) is 0.848. The van der Waals surface area contributed by atoms with Crippen LogP contribution in [0, 0.1) is 13.8 Å². The van der Waals surface area contributed by atoms with E-state index >= 15 is 0 Å². The number of hydrogen-bond donors (Lipinski definition) is 2. The van der Waals surface area contributed by atoms with Crippen molar-refractivity contribution in [3.05, 3.63) is 58.1 Å². The van der Waals surface area contributed by atoms with Crippen LogP contribution in [0.15, 0.2) is 46.9 Å². The number of nitrogens with one attached hydrogen (secondary N) is 2. The van der Waals surface area contributed by atoms with Crippen LogP contribution < -0.4 is 15.4 Å². The average Bonchev–Trinajstić information content (AvgIpc) is 2.48. The summed E-state index contributed by atoms with van der Waals surface area (Å²) in [6.07, 6.45) is 0. The summed E-state index contributed by atoms with van der Waals surface area (Å²) in [5, 5.41) is 5.52. The fourth-order valence-electron chi connectivity index (χ4n) is 2.00. The standard InChI is InChI=1S/C17H19BrN2O2/c1-12-3-8-16(13(2)11-12)22-10-9-19-17(21)20-15-6-4-14(18)5-7-15/h3-8,11H,9-10H2,1-2H3,(H2,19,20,21). The highest BCUT2D eigenvalue weighted by atomic mass is 79.9. The molecule has 22 heavy (non-hydrogen) atoms. The van der Waals surface area contributed by atoms with E-state index in [9.17, 15) is 4.79 Å². The lowest BCUT2D eigenvalue weighted by Gasteiger charge is -2.11. The monoisotopic (exact) mass is 362 g/mol. The van der Waals surface area contributed by atoms with Gasteiger partial charge in [0.25, 0.3) is 0 Å². The van der Waals surface area contributed by atoms with Gasteiger partial charge in [0.15, 0.2) is 0 Å².